The molecule has 0 aliphatic heterocycles. The van der Waals surface area contributed by atoms with Gasteiger partial charge in [0, 0.05) is 6.42 Å². The van der Waals surface area contributed by atoms with Gasteiger partial charge in [0.25, 0.3) is 5.91 Å². The third kappa shape index (κ3) is 5.31. The van der Waals surface area contributed by atoms with Crippen LogP contribution in [-0.4, -0.2) is 28.8 Å². The van der Waals surface area contributed by atoms with Gasteiger partial charge in [-0.1, -0.05) is 19.1 Å². The maximum atomic E-state index is 13.3. The maximum absolute atomic E-state index is 13.3. The van der Waals surface area contributed by atoms with Crippen LogP contribution in [0.25, 0.3) is 0 Å². The number of amides is 1. The Morgan fingerprint density at radius 1 is 1.33 bits per heavy atom. The van der Waals surface area contributed by atoms with Gasteiger partial charge in [-0.25, -0.2) is 4.39 Å². The quantitative estimate of drug-likeness (QED) is 0.654. The summed E-state index contributed by atoms with van der Waals surface area (Å²) in [6.07, 6.45) is -0.0741. The summed E-state index contributed by atoms with van der Waals surface area (Å²) in [5, 5.41) is 10.8. The third-order valence-corrected chi connectivity index (χ3v) is 2.88. The van der Waals surface area contributed by atoms with E-state index in [0.29, 0.717) is 0 Å². The largest absolute Gasteiger partial charge is 0.480 e. The van der Waals surface area contributed by atoms with Gasteiger partial charge in [0.05, 0.1) is 5.69 Å². The zero-order chi connectivity index (χ0) is 16.0. The van der Waals surface area contributed by atoms with Crippen molar-refractivity contribution in [2.45, 2.75) is 25.8 Å². The van der Waals surface area contributed by atoms with Gasteiger partial charge in [-0.15, -0.1) is 0 Å². The summed E-state index contributed by atoms with van der Waals surface area (Å²) in [7, 11) is 0. The molecule has 1 unspecified atom stereocenters. The zero-order valence-electron chi connectivity index (χ0n) is 11.5. The highest BCUT2D eigenvalue weighted by Crippen LogP contribution is 2.14. The molecule has 0 spiro atoms. The number of para-hydroxylation sites is 1. The van der Waals surface area contributed by atoms with Crippen LogP contribution in [0, 0.1) is 11.7 Å². The molecule has 1 rings (SSSR count). The van der Waals surface area contributed by atoms with Crippen LogP contribution >= 0.6 is 0 Å². The number of aliphatic carboxylic acids is 1. The van der Waals surface area contributed by atoms with E-state index in [1.54, 1.807) is 6.92 Å². The van der Waals surface area contributed by atoms with Crippen LogP contribution in [0.15, 0.2) is 24.3 Å². The van der Waals surface area contributed by atoms with E-state index in [-0.39, 0.29) is 24.4 Å². The van der Waals surface area contributed by atoms with Gasteiger partial charge in [0.1, 0.15) is 11.9 Å². The smallest absolute Gasteiger partial charge is 0.320 e. The predicted octanol–water partition coefficient (Wildman–Crippen LogP) is 1.16. The van der Waals surface area contributed by atoms with Crippen LogP contribution in [-0.2, 0) is 14.4 Å². The second kappa shape index (κ2) is 7.49. The molecule has 0 saturated heterocycles. The number of hydrogen-bond donors (Lipinski definition) is 3. The summed E-state index contributed by atoms with van der Waals surface area (Å²) >= 11 is 0. The Hall–Kier alpha value is -2.28. The molecule has 0 fully saturated rings. The van der Waals surface area contributed by atoms with Gasteiger partial charge in [0.2, 0.25) is 5.78 Å². The van der Waals surface area contributed by atoms with Crippen molar-refractivity contribution in [3.8, 4) is 0 Å². The van der Waals surface area contributed by atoms with Crippen molar-refractivity contribution < 1.29 is 23.9 Å². The lowest BCUT2D eigenvalue weighted by Crippen LogP contribution is -2.33. The van der Waals surface area contributed by atoms with E-state index in [0.717, 1.165) is 6.07 Å². The van der Waals surface area contributed by atoms with E-state index >= 15 is 0 Å². The molecule has 0 aromatic heterocycles. The average molecular weight is 296 g/mol. The van der Waals surface area contributed by atoms with Crippen molar-refractivity contribution in [1.29, 1.82) is 0 Å². The molecule has 1 aromatic carbocycles. The van der Waals surface area contributed by atoms with Gasteiger partial charge in [-0.3, -0.25) is 14.4 Å². The van der Waals surface area contributed by atoms with Gasteiger partial charge in [-0.05, 0) is 24.5 Å². The molecule has 21 heavy (non-hydrogen) atoms. The van der Waals surface area contributed by atoms with E-state index in [2.05, 4.69) is 5.32 Å². The highest BCUT2D eigenvalue weighted by atomic mass is 19.1. The first-order valence-electron chi connectivity index (χ1n) is 6.38. The van der Waals surface area contributed by atoms with Crippen LogP contribution in [0.5, 0.6) is 0 Å². The summed E-state index contributed by atoms with van der Waals surface area (Å²) in [6.45, 7) is 1.62. The topological polar surface area (TPSA) is 109 Å². The van der Waals surface area contributed by atoms with E-state index < -0.39 is 29.5 Å². The molecule has 0 radical (unpaired) electrons. The van der Waals surface area contributed by atoms with Crippen LogP contribution in [0.4, 0.5) is 10.1 Å². The Morgan fingerprint density at radius 3 is 2.52 bits per heavy atom. The molecule has 4 N–H and O–H groups in total. The van der Waals surface area contributed by atoms with Crippen molar-refractivity contribution >= 4 is 23.3 Å². The monoisotopic (exact) mass is 296 g/mol. The normalized spacial score (nSPS) is 13.3. The van der Waals surface area contributed by atoms with Crippen molar-refractivity contribution in [2.24, 2.45) is 11.7 Å². The summed E-state index contributed by atoms with van der Waals surface area (Å²) in [5.74, 6) is -3.85. The number of halogens is 1. The number of nitrogens with two attached hydrogens (primary N) is 1. The summed E-state index contributed by atoms with van der Waals surface area (Å²) < 4.78 is 13.3. The SMILES string of the molecule is CC(CC(=O)C(=O)Nc1ccccc1F)C[C@@H](N)C(=O)O. The Labute approximate surface area is 121 Å². The summed E-state index contributed by atoms with van der Waals surface area (Å²) in [6, 6.07) is 4.40. The molecule has 1 amide bonds. The minimum atomic E-state index is -1.16. The first-order chi connectivity index (χ1) is 9.81. The Balaban J connectivity index is 2.54. The Morgan fingerprint density at radius 2 is 1.95 bits per heavy atom. The van der Waals surface area contributed by atoms with Crippen LogP contribution in [0.2, 0.25) is 0 Å². The third-order valence-electron chi connectivity index (χ3n) is 2.88. The lowest BCUT2D eigenvalue weighted by Gasteiger charge is -2.13. The van der Waals surface area contributed by atoms with E-state index in [9.17, 15) is 18.8 Å². The van der Waals surface area contributed by atoms with Crippen LogP contribution in [0.3, 0.4) is 0 Å². The van der Waals surface area contributed by atoms with E-state index in [4.69, 9.17) is 10.8 Å². The van der Waals surface area contributed by atoms with Crippen LogP contribution < -0.4 is 11.1 Å². The molecule has 114 valence electrons. The fraction of sp³-hybridized carbons (Fsp3) is 0.357. The summed E-state index contributed by atoms with van der Waals surface area (Å²) in [5.41, 5.74) is 5.27. The number of benzene rings is 1. The molecule has 6 nitrogen and oxygen atoms in total. The van der Waals surface area contributed by atoms with Crippen molar-refractivity contribution in [3.63, 3.8) is 0 Å². The number of carboxylic acids is 1. The number of ketones is 1. The van der Waals surface area contributed by atoms with Crippen molar-refractivity contribution in [1.82, 2.24) is 0 Å². The van der Waals surface area contributed by atoms with Gasteiger partial charge in [0.15, 0.2) is 0 Å². The number of rotatable bonds is 7. The standard InChI is InChI=1S/C14H17FN2O4/c1-8(6-10(16)14(20)21)7-12(18)13(19)17-11-5-3-2-4-9(11)15/h2-5,8,10H,6-7,16H2,1H3,(H,17,19)(H,20,21)/t8?,10-/m1/s1. The first-order valence-corrected chi connectivity index (χ1v) is 6.38. The number of carboxylic acid groups (broad SMARTS) is 1. The number of Topliss-reactive ketones (excluding diaryl/α,β-unsaturated/α-hetero) is 1. The number of carbonyl (C=O) groups is 3. The molecule has 0 bridgehead atoms. The molecular formula is C14H17FN2O4. The molecule has 0 aliphatic carbocycles. The molecule has 1 aromatic rings. The second-order valence-corrected chi connectivity index (χ2v) is 4.85. The first kappa shape index (κ1) is 16.8. The van der Waals surface area contributed by atoms with Gasteiger partial charge < -0.3 is 16.2 Å². The number of carbonyl (C=O) groups excluding carboxylic acids is 2. The van der Waals surface area contributed by atoms with Gasteiger partial charge in [-0.2, -0.15) is 0 Å². The molecule has 0 saturated carbocycles. The van der Waals surface area contributed by atoms with Crippen molar-refractivity contribution in [3.05, 3.63) is 30.1 Å². The number of hydrogen-bond acceptors (Lipinski definition) is 4. The maximum Gasteiger partial charge on any atom is 0.320 e. The highest BCUT2D eigenvalue weighted by molar-refractivity contribution is 6.40. The minimum Gasteiger partial charge on any atom is -0.480 e. The lowest BCUT2D eigenvalue weighted by molar-refractivity contribution is -0.139. The number of anilines is 1. The molecule has 7 heteroatoms. The van der Waals surface area contributed by atoms with Crippen molar-refractivity contribution in [2.75, 3.05) is 5.32 Å². The Kier molecular flexibility index (Phi) is 5.98. The van der Waals surface area contributed by atoms with Gasteiger partial charge >= 0.3 is 5.97 Å². The van der Waals surface area contributed by atoms with E-state index in [1.807, 2.05) is 0 Å². The second-order valence-electron chi connectivity index (χ2n) is 4.85. The van der Waals surface area contributed by atoms with Crippen LogP contribution in [0.1, 0.15) is 19.8 Å². The predicted molar refractivity (Wildman–Crippen MR) is 74.0 cm³/mol. The number of nitrogens with one attached hydrogen (secondary N) is 1. The highest BCUT2D eigenvalue weighted by Gasteiger charge is 2.22. The molecule has 0 heterocycles. The lowest BCUT2D eigenvalue weighted by atomic mass is 9.96. The minimum absolute atomic E-state index is 0.0774. The summed E-state index contributed by atoms with van der Waals surface area (Å²) in [4.78, 5) is 33.9. The fourth-order valence-electron chi connectivity index (χ4n) is 1.78. The average Bonchev–Trinajstić information content (AvgIpc) is 2.40. The molecule has 2 atom stereocenters. The molecular weight excluding hydrogens is 279 g/mol. The molecule has 0 aliphatic rings. The fourth-order valence-corrected chi connectivity index (χ4v) is 1.78. The Bertz CT molecular complexity index is 548. The van der Waals surface area contributed by atoms with E-state index in [1.165, 1.54) is 18.2 Å². The zero-order valence-corrected chi connectivity index (χ0v) is 11.5.